The van der Waals surface area contributed by atoms with Gasteiger partial charge in [0.05, 0.1) is 18.8 Å². The van der Waals surface area contributed by atoms with Crippen molar-refractivity contribution in [3.8, 4) is 23.3 Å². The van der Waals surface area contributed by atoms with Gasteiger partial charge < -0.3 is 18.9 Å². The Kier molecular flexibility index (Phi) is 2.95. The average Bonchev–Trinajstić information content (AvgIpc) is 2.99. The van der Waals surface area contributed by atoms with Crippen LogP contribution in [0.3, 0.4) is 0 Å². The predicted molar refractivity (Wildman–Crippen MR) is 73.0 cm³/mol. The van der Waals surface area contributed by atoms with Crippen molar-refractivity contribution in [3.05, 3.63) is 23.3 Å². The smallest absolute Gasteiger partial charge is 0.231 e. The van der Waals surface area contributed by atoms with E-state index in [1.807, 2.05) is 18.2 Å². The topological polar surface area (TPSA) is 64.0 Å². The van der Waals surface area contributed by atoms with E-state index in [4.69, 9.17) is 18.9 Å². The molecule has 1 saturated heterocycles. The molecule has 6 heteroatoms. The van der Waals surface area contributed by atoms with Crippen LogP contribution in [-0.4, -0.2) is 44.2 Å². The lowest BCUT2D eigenvalue weighted by Gasteiger charge is -2.36. The molecular weight excluding hydrogens is 272 g/mol. The molecule has 0 saturated carbocycles. The van der Waals surface area contributed by atoms with Crippen LogP contribution in [0.25, 0.3) is 6.08 Å². The molecule has 4 rings (SSSR count). The fourth-order valence-electron chi connectivity index (χ4n) is 2.75. The van der Waals surface area contributed by atoms with Crippen molar-refractivity contribution >= 4 is 6.08 Å². The third-order valence-corrected chi connectivity index (χ3v) is 3.83. The Morgan fingerprint density at radius 3 is 2.62 bits per heavy atom. The van der Waals surface area contributed by atoms with Crippen LogP contribution >= 0.6 is 0 Å². The standard InChI is InChI=1S/C15H14N2O4/c16-8-11-5-10-6-13-14(20-9-19-13)7-12(10)21-15(11)17-1-3-18-4-2-17/h5-7,15H,1-4,9H2. The normalized spacial score (nSPS) is 23.8. The van der Waals surface area contributed by atoms with Gasteiger partial charge in [-0.1, -0.05) is 0 Å². The zero-order chi connectivity index (χ0) is 14.2. The summed E-state index contributed by atoms with van der Waals surface area (Å²) in [5, 5.41) is 9.40. The van der Waals surface area contributed by atoms with Crippen molar-refractivity contribution in [2.75, 3.05) is 33.1 Å². The second-order valence-corrected chi connectivity index (χ2v) is 5.07. The summed E-state index contributed by atoms with van der Waals surface area (Å²) >= 11 is 0. The minimum Gasteiger partial charge on any atom is -0.469 e. The Balaban J connectivity index is 1.70. The summed E-state index contributed by atoms with van der Waals surface area (Å²) in [6, 6.07) is 5.92. The van der Waals surface area contributed by atoms with E-state index in [1.54, 1.807) is 0 Å². The molecular formula is C15H14N2O4. The first-order chi connectivity index (χ1) is 10.3. The first kappa shape index (κ1) is 12.5. The van der Waals surface area contributed by atoms with Gasteiger partial charge in [0.1, 0.15) is 11.8 Å². The number of fused-ring (bicyclic) bond motifs is 2. The van der Waals surface area contributed by atoms with Crippen LogP contribution in [-0.2, 0) is 4.74 Å². The van der Waals surface area contributed by atoms with Crippen molar-refractivity contribution in [2.24, 2.45) is 0 Å². The Labute approximate surface area is 122 Å². The lowest BCUT2D eigenvalue weighted by atomic mass is 10.0. The van der Waals surface area contributed by atoms with E-state index in [-0.39, 0.29) is 13.0 Å². The summed E-state index contributed by atoms with van der Waals surface area (Å²) in [4.78, 5) is 2.12. The number of rotatable bonds is 1. The van der Waals surface area contributed by atoms with Gasteiger partial charge >= 0.3 is 0 Å². The van der Waals surface area contributed by atoms with Crippen molar-refractivity contribution in [2.45, 2.75) is 6.23 Å². The van der Waals surface area contributed by atoms with Gasteiger partial charge in [-0.3, -0.25) is 4.90 Å². The molecule has 3 heterocycles. The number of hydrogen-bond donors (Lipinski definition) is 0. The van der Waals surface area contributed by atoms with E-state index in [9.17, 15) is 5.26 Å². The Morgan fingerprint density at radius 2 is 1.86 bits per heavy atom. The molecule has 0 bridgehead atoms. The van der Waals surface area contributed by atoms with Crippen LogP contribution < -0.4 is 14.2 Å². The van der Waals surface area contributed by atoms with Crippen molar-refractivity contribution in [3.63, 3.8) is 0 Å². The highest BCUT2D eigenvalue weighted by Crippen LogP contribution is 2.41. The first-order valence-corrected chi connectivity index (χ1v) is 6.89. The van der Waals surface area contributed by atoms with Crippen molar-refractivity contribution in [1.82, 2.24) is 4.90 Å². The highest BCUT2D eigenvalue weighted by molar-refractivity contribution is 5.70. The van der Waals surface area contributed by atoms with Crippen LogP contribution in [0.5, 0.6) is 17.2 Å². The number of ether oxygens (including phenoxy) is 4. The Morgan fingerprint density at radius 1 is 1.10 bits per heavy atom. The molecule has 108 valence electrons. The summed E-state index contributed by atoms with van der Waals surface area (Å²) in [6.45, 7) is 3.05. The van der Waals surface area contributed by atoms with Gasteiger partial charge in [0, 0.05) is 24.7 Å². The highest BCUT2D eigenvalue weighted by Gasteiger charge is 2.31. The van der Waals surface area contributed by atoms with Gasteiger partial charge in [0.2, 0.25) is 6.79 Å². The third-order valence-electron chi connectivity index (χ3n) is 3.83. The SMILES string of the molecule is N#CC1=Cc2cc3c(cc2OC1N1CCOCC1)OCO3. The summed E-state index contributed by atoms with van der Waals surface area (Å²) < 4.78 is 22.1. The van der Waals surface area contributed by atoms with Crippen LogP contribution in [0, 0.1) is 11.3 Å². The molecule has 3 aliphatic rings. The molecule has 0 aromatic heterocycles. The highest BCUT2D eigenvalue weighted by atomic mass is 16.7. The molecule has 0 spiro atoms. The summed E-state index contributed by atoms with van der Waals surface area (Å²) in [5.41, 5.74) is 1.45. The monoisotopic (exact) mass is 286 g/mol. The molecule has 1 unspecified atom stereocenters. The minimum absolute atomic E-state index is 0.222. The third kappa shape index (κ3) is 2.11. The molecule has 6 nitrogen and oxygen atoms in total. The first-order valence-electron chi connectivity index (χ1n) is 6.89. The van der Waals surface area contributed by atoms with E-state index in [1.165, 1.54) is 0 Å². The number of nitrogens with zero attached hydrogens (tertiary/aromatic N) is 2. The van der Waals surface area contributed by atoms with Crippen molar-refractivity contribution in [1.29, 1.82) is 5.26 Å². The maximum Gasteiger partial charge on any atom is 0.231 e. The molecule has 0 aliphatic carbocycles. The minimum atomic E-state index is -0.355. The molecule has 1 aromatic carbocycles. The quantitative estimate of drug-likeness (QED) is 0.777. The van der Waals surface area contributed by atoms with Crippen LogP contribution in [0.2, 0.25) is 0 Å². The van der Waals surface area contributed by atoms with Crippen LogP contribution in [0.15, 0.2) is 17.7 Å². The molecule has 21 heavy (non-hydrogen) atoms. The van der Waals surface area contributed by atoms with Crippen LogP contribution in [0.4, 0.5) is 0 Å². The summed E-state index contributed by atoms with van der Waals surface area (Å²) in [7, 11) is 0. The van der Waals surface area contributed by atoms with Gasteiger partial charge in [-0.15, -0.1) is 0 Å². The van der Waals surface area contributed by atoms with E-state index in [0.717, 1.165) is 24.4 Å². The number of morpholine rings is 1. The Hall–Kier alpha value is -2.23. The fraction of sp³-hybridized carbons (Fsp3) is 0.400. The maximum absolute atomic E-state index is 9.40. The average molecular weight is 286 g/mol. The van der Waals surface area contributed by atoms with Gasteiger partial charge in [-0.05, 0) is 12.1 Å². The van der Waals surface area contributed by atoms with E-state index >= 15 is 0 Å². The second kappa shape index (κ2) is 4.95. The van der Waals surface area contributed by atoms with E-state index in [2.05, 4.69) is 11.0 Å². The van der Waals surface area contributed by atoms with Gasteiger partial charge in [-0.25, -0.2) is 0 Å². The van der Waals surface area contributed by atoms with E-state index in [0.29, 0.717) is 30.3 Å². The predicted octanol–water partition coefficient (Wildman–Crippen LogP) is 1.37. The zero-order valence-electron chi connectivity index (χ0n) is 11.4. The number of benzene rings is 1. The number of nitriles is 1. The van der Waals surface area contributed by atoms with Gasteiger partial charge in [-0.2, -0.15) is 5.26 Å². The lowest BCUT2D eigenvalue weighted by molar-refractivity contribution is -0.0290. The maximum atomic E-state index is 9.40. The molecule has 0 amide bonds. The molecule has 0 N–H and O–H groups in total. The number of hydrogen-bond acceptors (Lipinski definition) is 6. The van der Waals surface area contributed by atoms with Gasteiger partial charge in [0.15, 0.2) is 17.7 Å². The van der Waals surface area contributed by atoms with E-state index < -0.39 is 0 Å². The molecule has 0 radical (unpaired) electrons. The summed E-state index contributed by atoms with van der Waals surface area (Å²) in [5.74, 6) is 2.09. The Bertz CT molecular complexity index is 644. The fourth-order valence-corrected chi connectivity index (χ4v) is 2.75. The summed E-state index contributed by atoms with van der Waals surface area (Å²) in [6.07, 6.45) is 1.51. The van der Waals surface area contributed by atoms with Crippen molar-refractivity contribution < 1.29 is 18.9 Å². The second-order valence-electron chi connectivity index (χ2n) is 5.07. The largest absolute Gasteiger partial charge is 0.469 e. The molecule has 3 aliphatic heterocycles. The lowest BCUT2D eigenvalue weighted by Crippen LogP contribution is -2.47. The molecule has 1 atom stereocenters. The van der Waals surface area contributed by atoms with Gasteiger partial charge in [0.25, 0.3) is 0 Å². The van der Waals surface area contributed by atoms with Crippen LogP contribution in [0.1, 0.15) is 5.56 Å². The molecule has 1 fully saturated rings. The molecule has 1 aromatic rings. The zero-order valence-corrected chi connectivity index (χ0v) is 11.4.